The Morgan fingerprint density at radius 3 is 2.30 bits per heavy atom. The lowest BCUT2D eigenvalue weighted by molar-refractivity contribution is -0.286. The van der Waals surface area contributed by atoms with Crippen molar-refractivity contribution >= 4 is 11.9 Å². The molecule has 1 fully saturated rings. The van der Waals surface area contributed by atoms with Crippen molar-refractivity contribution in [3.63, 3.8) is 0 Å². The van der Waals surface area contributed by atoms with Gasteiger partial charge in [0.25, 0.3) is 0 Å². The highest BCUT2D eigenvalue weighted by molar-refractivity contribution is 5.78. The van der Waals surface area contributed by atoms with E-state index in [-0.39, 0.29) is 5.56 Å². The van der Waals surface area contributed by atoms with Gasteiger partial charge in [0.15, 0.2) is 6.10 Å². The number of carboxylic acid groups (broad SMARTS) is 1. The van der Waals surface area contributed by atoms with Crippen LogP contribution in [0.1, 0.15) is 18.4 Å². The van der Waals surface area contributed by atoms with Crippen molar-refractivity contribution in [2.24, 2.45) is 0 Å². The van der Waals surface area contributed by atoms with Crippen molar-refractivity contribution in [3.8, 4) is 11.1 Å². The molecular formula is C21H21FO8. The second kappa shape index (κ2) is 8.88. The Labute approximate surface area is 171 Å². The number of carboxylic acids is 1. The van der Waals surface area contributed by atoms with Crippen LogP contribution in [-0.4, -0.2) is 63.1 Å². The van der Waals surface area contributed by atoms with Gasteiger partial charge in [-0.15, -0.1) is 0 Å². The number of ether oxygens (including phenoxy) is 2. The number of halogens is 1. The second-order valence-electron chi connectivity index (χ2n) is 7.00. The highest BCUT2D eigenvalue weighted by atomic mass is 19.1. The number of aliphatic hydroxyl groups excluding tert-OH is 3. The molecule has 1 heterocycles. The first kappa shape index (κ1) is 21.8. The van der Waals surface area contributed by atoms with Crippen LogP contribution in [0.3, 0.4) is 0 Å². The third-order valence-electron chi connectivity index (χ3n) is 4.98. The largest absolute Gasteiger partial charge is 0.479 e. The number of aliphatic hydroxyl groups is 3. The summed E-state index contributed by atoms with van der Waals surface area (Å²) < 4.78 is 24.5. The highest BCUT2D eigenvalue weighted by Crippen LogP contribution is 2.28. The van der Waals surface area contributed by atoms with Crippen LogP contribution in [0.4, 0.5) is 4.39 Å². The van der Waals surface area contributed by atoms with E-state index in [9.17, 15) is 29.3 Å². The van der Waals surface area contributed by atoms with Crippen LogP contribution in [0.25, 0.3) is 11.1 Å². The topological polar surface area (TPSA) is 134 Å². The van der Waals surface area contributed by atoms with Crippen molar-refractivity contribution in [2.75, 3.05) is 0 Å². The maximum Gasteiger partial charge on any atom is 0.335 e. The van der Waals surface area contributed by atoms with Gasteiger partial charge in [0.1, 0.15) is 24.1 Å². The molecule has 0 bridgehead atoms. The first-order chi connectivity index (χ1) is 14.2. The Morgan fingerprint density at radius 2 is 1.70 bits per heavy atom. The van der Waals surface area contributed by atoms with E-state index in [0.717, 1.165) is 0 Å². The zero-order valence-electron chi connectivity index (χ0n) is 15.9. The van der Waals surface area contributed by atoms with Crippen LogP contribution < -0.4 is 0 Å². The monoisotopic (exact) mass is 420 g/mol. The van der Waals surface area contributed by atoms with E-state index in [1.807, 2.05) is 0 Å². The van der Waals surface area contributed by atoms with Gasteiger partial charge in [-0.3, -0.25) is 4.79 Å². The van der Waals surface area contributed by atoms with Gasteiger partial charge in [0, 0.05) is 5.56 Å². The van der Waals surface area contributed by atoms with Gasteiger partial charge < -0.3 is 29.9 Å². The summed E-state index contributed by atoms with van der Waals surface area (Å²) in [4.78, 5) is 23.6. The van der Waals surface area contributed by atoms with Crippen molar-refractivity contribution in [2.45, 2.75) is 43.5 Å². The van der Waals surface area contributed by atoms with Crippen LogP contribution in [-0.2, 0) is 19.1 Å². The Bertz CT molecular complexity index is 918. The minimum atomic E-state index is -1.90. The Hall–Kier alpha value is -2.85. The molecule has 4 N–H and O–H groups in total. The van der Waals surface area contributed by atoms with Gasteiger partial charge in [-0.25, -0.2) is 9.18 Å². The van der Waals surface area contributed by atoms with Crippen LogP contribution in [0, 0.1) is 5.82 Å². The van der Waals surface area contributed by atoms with E-state index in [4.69, 9.17) is 14.6 Å². The molecule has 30 heavy (non-hydrogen) atoms. The molecule has 1 saturated heterocycles. The molecule has 0 amide bonds. The van der Waals surface area contributed by atoms with E-state index in [0.29, 0.717) is 11.1 Å². The lowest BCUT2D eigenvalue weighted by Crippen LogP contribution is -2.60. The average molecular weight is 420 g/mol. The first-order valence-corrected chi connectivity index (χ1v) is 9.18. The quantitative estimate of drug-likeness (QED) is 0.527. The van der Waals surface area contributed by atoms with Gasteiger partial charge in [-0.2, -0.15) is 0 Å². The Kier molecular flexibility index (Phi) is 6.47. The van der Waals surface area contributed by atoms with Crippen LogP contribution in [0.5, 0.6) is 0 Å². The number of hydrogen-bond acceptors (Lipinski definition) is 7. The molecule has 2 aromatic rings. The Balaban J connectivity index is 1.74. The second-order valence-corrected chi connectivity index (χ2v) is 7.00. The van der Waals surface area contributed by atoms with Crippen LogP contribution in [0.2, 0.25) is 0 Å². The minimum absolute atomic E-state index is 0.290. The van der Waals surface area contributed by atoms with Gasteiger partial charge in [0.05, 0.1) is 5.92 Å². The molecule has 1 aliphatic heterocycles. The first-order valence-electron chi connectivity index (χ1n) is 9.18. The summed E-state index contributed by atoms with van der Waals surface area (Å²) in [5.41, 5.74) is 1.31. The van der Waals surface area contributed by atoms with E-state index in [2.05, 4.69) is 0 Å². The molecule has 0 radical (unpaired) electrons. The van der Waals surface area contributed by atoms with Crippen LogP contribution >= 0.6 is 0 Å². The number of carbonyl (C=O) groups is 2. The fraction of sp³-hybridized carbons (Fsp3) is 0.333. The average Bonchev–Trinajstić information content (AvgIpc) is 2.73. The number of benzene rings is 2. The number of aliphatic carboxylic acids is 1. The van der Waals surface area contributed by atoms with Crippen molar-refractivity contribution in [1.82, 2.24) is 0 Å². The molecule has 3 rings (SSSR count). The molecule has 0 unspecified atom stereocenters. The minimum Gasteiger partial charge on any atom is -0.479 e. The molecule has 0 saturated carbocycles. The summed E-state index contributed by atoms with van der Waals surface area (Å²) in [6.45, 7) is 1.44. The molecule has 6 atom stereocenters. The van der Waals surface area contributed by atoms with Crippen LogP contribution in [0.15, 0.2) is 48.5 Å². The zero-order chi connectivity index (χ0) is 22.0. The summed E-state index contributed by atoms with van der Waals surface area (Å²) in [6, 6.07) is 13.1. The van der Waals surface area contributed by atoms with E-state index < -0.39 is 54.4 Å². The van der Waals surface area contributed by atoms with Crippen molar-refractivity contribution in [3.05, 3.63) is 59.9 Å². The maximum atomic E-state index is 14.6. The summed E-state index contributed by atoms with van der Waals surface area (Å²) in [6.07, 6.45) is -9.35. The van der Waals surface area contributed by atoms with E-state index in [1.54, 1.807) is 36.4 Å². The van der Waals surface area contributed by atoms with Gasteiger partial charge >= 0.3 is 11.9 Å². The third-order valence-corrected chi connectivity index (χ3v) is 4.98. The maximum absolute atomic E-state index is 14.6. The fourth-order valence-electron chi connectivity index (χ4n) is 3.15. The molecule has 9 heteroatoms. The van der Waals surface area contributed by atoms with Crippen molar-refractivity contribution in [1.29, 1.82) is 0 Å². The highest BCUT2D eigenvalue weighted by Gasteiger charge is 2.48. The standard InChI is InChI=1S/C21H21FO8/c1-10(12-7-8-13(14(22)9-12)11-5-3-2-4-6-11)20(28)30-21-17(25)15(23)16(24)18(29-21)19(26)27/h2-10,15-18,21,23-25H,1H3,(H,26,27)/t10-,15-,16-,17-,18+,21-/m0/s1. The zero-order valence-corrected chi connectivity index (χ0v) is 15.9. The number of carbonyl (C=O) groups excluding carboxylic acids is 1. The fourth-order valence-corrected chi connectivity index (χ4v) is 3.15. The lowest BCUT2D eigenvalue weighted by Gasteiger charge is -2.38. The molecule has 1 aliphatic rings. The normalized spacial score (nSPS) is 27.3. The smallest absolute Gasteiger partial charge is 0.335 e. The molecular weight excluding hydrogens is 399 g/mol. The Morgan fingerprint density at radius 1 is 1.03 bits per heavy atom. The predicted molar refractivity (Wildman–Crippen MR) is 101 cm³/mol. The molecule has 0 aromatic heterocycles. The molecule has 2 aromatic carbocycles. The number of rotatable bonds is 5. The molecule has 0 spiro atoms. The van der Waals surface area contributed by atoms with E-state index >= 15 is 0 Å². The van der Waals surface area contributed by atoms with E-state index in [1.165, 1.54) is 19.1 Å². The predicted octanol–water partition coefficient (Wildman–Crippen LogP) is 1.03. The molecule has 0 aliphatic carbocycles. The number of esters is 1. The SMILES string of the molecule is C[C@H](C(=O)O[C@@H]1O[C@@H](C(=O)O)[C@@H](O)[C@H](O)[C@@H]1O)c1ccc(-c2ccccc2)c(F)c1. The summed E-state index contributed by atoms with van der Waals surface area (Å²) in [7, 11) is 0. The van der Waals surface area contributed by atoms with Crippen molar-refractivity contribution < 1.29 is 43.9 Å². The summed E-state index contributed by atoms with van der Waals surface area (Å²) in [5.74, 6) is -4.05. The van der Waals surface area contributed by atoms with Gasteiger partial charge in [-0.05, 0) is 24.1 Å². The van der Waals surface area contributed by atoms with Gasteiger partial charge in [-0.1, -0.05) is 42.5 Å². The molecule has 8 nitrogen and oxygen atoms in total. The third kappa shape index (κ3) is 4.34. The lowest BCUT2D eigenvalue weighted by atomic mass is 9.96. The number of hydrogen-bond donors (Lipinski definition) is 4. The molecule has 160 valence electrons. The summed E-state index contributed by atoms with van der Waals surface area (Å²) in [5, 5.41) is 38.5. The van der Waals surface area contributed by atoms with Gasteiger partial charge in [0.2, 0.25) is 6.29 Å². The summed E-state index contributed by atoms with van der Waals surface area (Å²) >= 11 is 0.